The predicted molar refractivity (Wildman–Crippen MR) is 66.2 cm³/mol. The molecule has 1 aromatic rings. The summed E-state index contributed by atoms with van der Waals surface area (Å²) in [4.78, 5) is 8.50. The zero-order valence-electron chi connectivity index (χ0n) is 10.2. The van der Waals surface area contributed by atoms with Gasteiger partial charge in [-0.2, -0.15) is 0 Å². The first kappa shape index (κ1) is 10.8. The first-order valence-electron chi connectivity index (χ1n) is 6.19. The summed E-state index contributed by atoms with van der Waals surface area (Å²) in [6.07, 6.45) is 5.91. The molecule has 3 rings (SSSR count). The van der Waals surface area contributed by atoms with E-state index in [0.717, 1.165) is 23.6 Å². The molecule has 1 aromatic heterocycles. The van der Waals surface area contributed by atoms with Crippen LogP contribution < -0.4 is 10.6 Å². The Morgan fingerprint density at radius 3 is 2.76 bits per heavy atom. The van der Waals surface area contributed by atoms with Crippen molar-refractivity contribution in [2.24, 2.45) is 0 Å². The smallest absolute Gasteiger partial charge is 0.134 e. The zero-order valence-corrected chi connectivity index (χ0v) is 10.2. The minimum Gasteiger partial charge on any atom is -0.373 e. The van der Waals surface area contributed by atoms with E-state index in [1.165, 1.54) is 12.8 Å². The van der Waals surface area contributed by atoms with Crippen LogP contribution in [0.2, 0.25) is 0 Å². The van der Waals surface area contributed by atoms with Crippen molar-refractivity contribution in [3.63, 3.8) is 0 Å². The lowest BCUT2D eigenvalue weighted by molar-refractivity contribution is 0.102. The SMILES string of the molecule is CNc1ncnc(NC2CC3CCC2O3)c1C. The van der Waals surface area contributed by atoms with Gasteiger partial charge in [0, 0.05) is 12.6 Å². The third-order valence-corrected chi connectivity index (χ3v) is 3.75. The number of nitrogens with zero attached hydrogens (tertiary/aromatic N) is 2. The molecule has 2 aliphatic heterocycles. The van der Waals surface area contributed by atoms with E-state index in [1.807, 2.05) is 14.0 Å². The predicted octanol–water partition coefficient (Wildman–Crippen LogP) is 1.56. The van der Waals surface area contributed by atoms with Crippen molar-refractivity contribution in [1.82, 2.24) is 9.97 Å². The van der Waals surface area contributed by atoms with E-state index >= 15 is 0 Å². The Morgan fingerprint density at radius 2 is 2.12 bits per heavy atom. The van der Waals surface area contributed by atoms with Crippen molar-refractivity contribution in [3.8, 4) is 0 Å². The Bertz CT molecular complexity index is 423. The average Bonchev–Trinajstić information content (AvgIpc) is 2.94. The maximum absolute atomic E-state index is 5.83. The van der Waals surface area contributed by atoms with E-state index in [4.69, 9.17) is 4.74 Å². The van der Waals surface area contributed by atoms with Gasteiger partial charge in [-0.1, -0.05) is 0 Å². The van der Waals surface area contributed by atoms with E-state index in [1.54, 1.807) is 6.33 Å². The Labute approximate surface area is 101 Å². The van der Waals surface area contributed by atoms with Crippen molar-refractivity contribution >= 4 is 11.6 Å². The van der Waals surface area contributed by atoms with Gasteiger partial charge in [0.25, 0.3) is 0 Å². The molecule has 17 heavy (non-hydrogen) atoms. The fourth-order valence-electron chi connectivity index (χ4n) is 2.81. The summed E-state index contributed by atoms with van der Waals surface area (Å²) in [5.74, 6) is 1.80. The molecule has 0 aliphatic carbocycles. The maximum Gasteiger partial charge on any atom is 0.134 e. The topological polar surface area (TPSA) is 59.1 Å². The molecule has 2 N–H and O–H groups in total. The van der Waals surface area contributed by atoms with Gasteiger partial charge in [-0.05, 0) is 26.2 Å². The van der Waals surface area contributed by atoms with E-state index in [9.17, 15) is 0 Å². The number of rotatable bonds is 3. The molecule has 0 amide bonds. The van der Waals surface area contributed by atoms with Gasteiger partial charge >= 0.3 is 0 Å². The van der Waals surface area contributed by atoms with Crippen LogP contribution in [0.1, 0.15) is 24.8 Å². The van der Waals surface area contributed by atoms with Gasteiger partial charge in [-0.15, -0.1) is 0 Å². The summed E-state index contributed by atoms with van der Waals surface area (Å²) >= 11 is 0. The van der Waals surface area contributed by atoms with Crippen LogP contribution in [-0.2, 0) is 4.74 Å². The molecule has 2 aliphatic rings. The number of aromatic nitrogens is 2. The average molecular weight is 234 g/mol. The summed E-state index contributed by atoms with van der Waals surface area (Å²) in [7, 11) is 1.87. The van der Waals surface area contributed by atoms with E-state index in [-0.39, 0.29) is 0 Å². The third-order valence-electron chi connectivity index (χ3n) is 3.75. The van der Waals surface area contributed by atoms with Crippen molar-refractivity contribution in [2.45, 2.75) is 44.4 Å². The second-order valence-corrected chi connectivity index (χ2v) is 4.81. The van der Waals surface area contributed by atoms with Gasteiger partial charge in [0.05, 0.1) is 18.2 Å². The van der Waals surface area contributed by atoms with Gasteiger partial charge in [-0.25, -0.2) is 9.97 Å². The second-order valence-electron chi connectivity index (χ2n) is 4.81. The van der Waals surface area contributed by atoms with Crippen LogP contribution in [0.4, 0.5) is 11.6 Å². The van der Waals surface area contributed by atoms with Crippen LogP contribution in [-0.4, -0.2) is 35.3 Å². The lowest BCUT2D eigenvalue weighted by atomic mass is 9.95. The first-order valence-corrected chi connectivity index (χ1v) is 6.19. The Morgan fingerprint density at radius 1 is 1.29 bits per heavy atom. The van der Waals surface area contributed by atoms with Crippen molar-refractivity contribution in [3.05, 3.63) is 11.9 Å². The molecule has 0 radical (unpaired) electrons. The molecule has 3 atom stereocenters. The molecule has 3 heterocycles. The Hall–Kier alpha value is -1.36. The van der Waals surface area contributed by atoms with Crippen molar-refractivity contribution < 1.29 is 4.74 Å². The van der Waals surface area contributed by atoms with Gasteiger partial charge in [0.2, 0.25) is 0 Å². The summed E-state index contributed by atoms with van der Waals surface area (Å²) in [5.41, 5.74) is 1.07. The van der Waals surface area contributed by atoms with Crippen molar-refractivity contribution in [1.29, 1.82) is 0 Å². The van der Waals surface area contributed by atoms with Crippen LogP contribution in [0, 0.1) is 6.92 Å². The molecule has 92 valence electrons. The van der Waals surface area contributed by atoms with Crippen LogP contribution in [0.5, 0.6) is 0 Å². The van der Waals surface area contributed by atoms with Gasteiger partial charge < -0.3 is 15.4 Å². The molecule has 0 saturated carbocycles. The highest BCUT2D eigenvalue weighted by Gasteiger charge is 2.40. The highest BCUT2D eigenvalue weighted by Crippen LogP contribution is 2.36. The Kier molecular flexibility index (Phi) is 2.63. The number of nitrogens with one attached hydrogen (secondary N) is 2. The van der Waals surface area contributed by atoms with Crippen LogP contribution in [0.3, 0.4) is 0 Å². The van der Waals surface area contributed by atoms with E-state index < -0.39 is 0 Å². The number of fused-ring (bicyclic) bond motifs is 2. The van der Waals surface area contributed by atoms with Crippen LogP contribution in [0.15, 0.2) is 6.33 Å². The second kappa shape index (κ2) is 4.14. The molecular formula is C12H18N4O. The van der Waals surface area contributed by atoms with Gasteiger partial charge in [0.15, 0.2) is 0 Å². The van der Waals surface area contributed by atoms with E-state index in [2.05, 4.69) is 20.6 Å². The summed E-state index contributed by atoms with van der Waals surface area (Å²) in [6, 6.07) is 0.409. The van der Waals surface area contributed by atoms with Gasteiger partial charge in [0.1, 0.15) is 18.0 Å². The molecule has 5 nitrogen and oxygen atoms in total. The fraction of sp³-hybridized carbons (Fsp3) is 0.667. The quantitative estimate of drug-likeness (QED) is 0.831. The minimum atomic E-state index is 0.368. The molecule has 5 heteroatoms. The molecule has 2 fully saturated rings. The lowest BCUT2D eigenvalue weighted by Gasteiger charge is -2.21. The summed E-state index contributed by atoms with van der Waals surface area (Å²) in [5, 5.41) is 6.57. The standard InChI is InChI=1S/C12H18N4O/c1-7-11(13-2)14-6-15-12(7)16-9-5-8-3-4-10(9)17-8/h6,8-10H,3-5H2,1-2H3,(H2,13,14,15,16). The number of anilines is 2. The highest BCUT2D eigenvalue weighted by molar-refractivity contribution is 5.56. The van der Waals surface area contributed by atoms with E-state index in [0.29, 0.717) is 18.2 Å². The number of ether oxygens (including phenoxy) is 1. The zero-order chi connectivity index (χ0) is 11.8. The van der Waals surface area contributed by atoms with Crippen LogP contribution in [0.25, 0.3) is 0 Å². The molecule has 2 saturated heterocycles. The summed E-state index contributed by atoms with van der Waals surface area (Å²) in [6.45, 7) is 2.03. The van der Waals surface area contributed by atoms with Gasteiger partial charge in [-0.3, -0.25) is 0 Å². The molecular weight excluding hydrogens is 216 g/mol. The molecule has 3 unspecified atom stereocenters. The third kappa shape index (κ3) is 1.84. The number of hydrogen-bond donors (Lipinski definition) is 2. The molecule has 2 bridgehead atoms. The first-order chi connectivity index (χ1) is 8.28. The largest absolute Gasteiger partial charge is 0.373 e. The fourth-order valence-corrected chi connectivity index (χ4v) is 2.81. The normalized spacial score (nSPS) is 30.6. The summed E-state index contributed by atoms with van der Waals surface area (Å²) < 4.78 is 5.83. The monoisotopic (exact) mass is 234 g/mol. The maximum atomic E-state index is 5.83. The molecule has 0 aromatic carbocycles. The van der Waals surface area contributed by atoms with Crippen molar-refractivity contribution in [2.75, 3.05) is 17.7 Å². The Balaban J connectivity index is 1.77. The molecule has 0 spiro atoms. The highest BCUT2D eigenvalue weighted by atomic mass is 16.5. The minimum absolute atomic E-state index is 0.368. The number of hydrogen-bond acceptors (Lipinski definition) is 5. The lowest BCUT2D eigenvalue weighted by Crippen LogP contribution is -2.31. The van der Waals surface area contributed by atoms with Crippen LogP contribution >= 0.6 is 0 Å².